The van der Waals surface area contributed by atoms with E-state index in [9.17, 15) is 9.18 Å². The lowest BCUT2D eigenvalue weighted by Gasteiger charge is -2.00. The first-order chi connectivity index (χ1) is 7.24. The Bertz CT molecular complexity index is 504. The minimum atomic E-state index is -0.380. The van der Waals surface area contributed by atoms with Gasteiger partial charge in [-0.2, -0.15) is 0 Å². The summed E-state index contributed by atoms with van der Waals surface area (Å²) in [5.74, 6) is -0.635. The molecule has 1 aromatic heterocycles. The van der Waals surface area contributed by atoms with Crippen molar-refractivity contribution in [2.24, 2.45) is 0 Å². The van der Waals surface area contributed by atoms with Gasteiger partial charge in [-0.15, -0.1) is 0 Å². The van der Waals surface area contributed by atoms with Crippen LogP contribution in [-0.2, 0) is 0 Å². The maximum atomic E-state index is 13.5. The van der Waals surface area contributed by atoms with Crippen molar-refractivity contribution in [1.82, 2.24) is 10.3 Å². The molecule has 0 aliphatic heterocycles. The topological polar surface area (TPSA) is 44.9 Å². The number of halogens is 1. The molecule has 0 saturated carbocycles. The molecule has 2 N–H and O–H groups in total. The van der Waals surface area contributed by atoms with E-state index in [1.165, 1.54) is 12.3 Å². The Balaban J connectivity index is 2.57. The number of aromatic nitrogens is 1. The summed E-state index contributed by atoms with van der Waals surface area (Å²) in [6.07, 6.45) is 1.53. The molecule has 1 aromatic carbocycles. The average Bonchev–Trinajstić information content (AvgIpc) is 2.63. The zero-order valence-electron chi connectivity index (χ0n) is 8.30. The van der Waals surface area contributed by atoms with Crippen LogP contribution in [0.3, 0.4) is 0 Å². The number of benzene rings is 1. The van der Waals surface area contributed by atoms with Crippen molar-refractivity contribution in [2.45, 2.75) is 6.92 Å². The van der Waals surface area contributed by atoms with Crippen molar-refractivity contribution in [3.05, 3.63) is 35.8 Å². The highest BCUT2D eigenvalue weighted by Gasteiger charge is 2.13. The van der Waals surface area contributed by atoms with Crippen molar-refractivity contribution in [2.75, 3.05) is 6.54 Å². The number of carbonyl (C=O) groups excluding carboxylic acids is 1. The number of nitrogens with one attached hydrogen (secondary N) is 2. The lowest BCUT2D eigenvalue weighted by Crippen LogP contribution is -2.22. The SMILES string of the molecule is CCNC(=O)c1c[nH]c2cccc(F)c12. The van der Waals surface area contributed by atoms with Gasteiger partial charge < -0.3 is 10.3 Å². The molecule has 4 heteroatoms. The Morgan fingerprint density at radius 3 is 3.07 bits per heavy atom. The standard InChI is InChI=1S/C11H11FN2O/c1-2-13-11(15)7-6-14-9-5-3-4-8(12)10(7)9/h3-6,14H,2H2,1H3,(H,13,15). The quantitative estimate of drug-likeness (QED) is 0.776. The Kier molecular flexibility index (Phi) is 2.41. The molecule has 2 aromatic rings. The van der Waals surface area contributed by atoms with Gasteiger partial charge in [0.1, 0.15) is 5.82 Å². The van der Waals surface area contributed by atoms with Gasteiger partial charge in [0, 0.05) is 23.6 Å². The molecule has 2 rings (SSSR count). The van der Waals surface area contributed by atoms with Gasteiger partial charge in [0.25, 0.3) is 5.91 Å². The van der Waals surface area contributed by atoms with Crippen molar-refractivity contribution in [3.63, 3.8) is 0 Å². The van der Waals surface area contributed by atoms with E-state index in [0.717, 1.165) is 0 Å². The molecule has 15 heavy (non-hydrogen) atoms. The van der Waals surface area contributed by atoms with Crippen LogP contribution in [0.2, 0.25) is 0 Å². The zero-order chi connectivity index (χ0) is 10.8. The van der Waals surface area contributed by atoms with Crippen LogP contribution in [0.25, 0.3) is 10.9 Å². The Morgan fingerprint density at radius 2 is 2.33 bits per heavy atom. The molecule has 0 aliphatic rings. The minimum Gasteiger partial charge on any atom is -0.360 e. The van der Waals surface area contributed by atoms with Gasteiger partial charge in [-0.25, -0.2) is 4.39 Å². The maximum absolute atomic E-state index is 13.5. The summed E-state index contributed by atoms with van der Waals surface area (Å²) >= 11 is 0. The summed E-state index contributed by atoms with van der Waals surface area (Å²) in [6.45, 7) is 2.35. The second-order valence-electron chi connectivity index (χ2n) is 3.22. The number of H-pyrrole nitrogens is 1. The molecular formula is C11H11FN2O. The Hall–Kier alpha value is -1.84. The first kappa shape index (κ1) is 9.71. The van der Waals surface area contributed by atoms with E-state index >= 15 is 0 Å². The number of hydrogen-bond acceptors (Lipinski definition) is 1. The molecule has 0 saturated heterocycles. The molecule has 0 bridgehead atoms. The molecule has 0 atom stereocenters. The fraction of sp³-hybridized carbons (Fsp3) is 0.182. The van der Waals surface area contributed by atoms with Gasteiger partial charge in [-0.1, -0.05) is 6.07 Å². The van der Waals surface area contributed by atoms with Crippen LogP contribution in [0.1, 0.15) is 17.3 Å². The van der Waals surface area contributed by atoms with E-state index in [2.05, 4.69) is 10.3 Å². The molecule has 0 spiro atoms. The van der Waals surface area contributed by atoms with Crippen LogP contribution in [0, 0.1) is 5.82 Å². The summed E-state index contributed by atoms with van der Waals surface area (Å²) in [7, 11) is 0. The summed E-state index contributed by atoms with van der Waals surface area (Å²) in [5, 5.41) is 2.99. The molecule has 3 nitrogen and oxygen atoms in total. The summed E-state index contributed by atoms with van der Waals surface area (Å²) in [4.78, 5) is 14.4. The van der Waals surface area contributed by atoms with Gasteiger partial charge in [-0.3, -0.25) is 4.79 Å². The maximum Gasteiger partial charge on any atom is 0.253 e. The first-order valence-electron chi connectivity index (χ1n) is 4.78. The predicted molar refractivity (Wildman–Crippen MR) is 56.3 cm³/mol. The number of fused-ring (bicyclic) bond motifs is 1. The predicted octanol–water partition coefficient (Wildman–Crippen LogP) is 2.06. The minimum absolute atomic E-state index is 0.256. The molecule has 0 aliphatic carbocycles. The second kappa shape index (κ2) is 3.73. The first-order valence-corrected chi connectivity index (χ1v) is 4.78. The largest absolute Gasteiger partial charge is 0.360 e. The molecule has 0 radical (unpaired) electrons. The van der Waals surface area contributed by atoms with Crippen molar-refractivity contribution in [1.29, 1.82) is 0 Å². The number of amides is 1. The Labute approximate surface area is 86.3 Å². The van der Waals surface area contributed by atoms with Gasteiger partial charge in [0.2, 0.25) is 0 Å². The summed E-state index contributed by atoms with van der Waals surface area (Å²) < 4.78 is 13.5. The fourth-order valence-electron chi connectivity index (χ4n) is 1.58. The van der Waals surface area contributed by atoms with E-state index in [-0.39, 0.29) is 11.7 Å². The molecule has 78 valence electrons. The van der Waals surface area contributed by atoms with Crippen molar-refractivity contribution in [3.8, 4) is 0 Å². The van der Waals surface area contributed by atoms with Crippen LogP contribution in [0.5, 0.6) is 0 Å². The van der Waals surface area contributed by atoms with E-state index in [1.54, 1.807) is 12.1 Å². The highest BCUT2D eigenvalue weighted by atomic mass is 19.1. The smallest absolute Gasteiger partial charge is 0.253 e. The number of hydrogen-bond donors (Lipinski definition) is 2. The number of carbonyl (C=O) groups is 1. The van der Waals surface area contributed by atoms with Crippen LogP contribution in [0.4, 0.5) is 4.39 Å². The van der Waals surface area contributed by atoms with E-state index in [1.807, 2.05) is 6.92 Å². The van der Waals surface area contributed by atoms with E-state index in [0.29, 0.717) is 23.0 Å². The third-order valence-electron chi connectivity index (χ3n) is 2.24. The van der Waals surface area contributed by atoms with Crippen LogP contribution in [0.15, 0.2) is 24.4 Å². The van der Waals surface area contributed by atoms with E-state index in [4.69, 9.17) is 0 Å². The van der Waals surface area contributed by atoms with Gasteiger partial charge >= 0.3 is 0 Å². The van der Waals surface area contributed by atoms with Gasteiger partial charge in [-0.05, 0) is 19.1 Å². The highest BCUT2D eigenvalue weighted by Crippen LogP contribution is 2.21. The lowest BCUT2D eigenvalue weighted by atomic mass is 10.1. The number of aromatic amines is 1. The van der Waals surface area contributed by atoms with Crippen LogP contribution >= 0.6 is 0 Å². The molecule has 1 amide bonds. The fourth-order valence-corrected chi connectivity index (χ4v) is 1.58. The summed E-state index contributed by atoms with van der Waals surface area (Å²) in [5.41, 5.74) is 0.987. The van der Waals surface area contributed by atoms with Crippen LogP contribution in [-0.4, -0.2) is 17.4 Å². The highest BCUT2D eigenvalue weighted by molar-refractivity contribution is 6.06. The second-order valence-corrected chi connectivity index (χ2v) is 3.22. The Morgan fingerprint density at radius 1 is 1.53 bits per heavy atom. The number of rotatable bonds is 2. The van der Waals surface area contributed by atoms with Crippen LogP contribution < -0.4 is 5.32 Å². The van der Waals surface area contributed by atoms with Crippen molar-refractivity contribution < 1.29 is 9.18 Å². The third kappa shape index (κ3) is 1.58. The van der Waals surface area contributed by atoms with Gasteiger partial charge in [0.15, 0.2) is 0 Å². The normalized spacial score (nSPS) is 10.5. The molecule has 1 heterocycles. The molecule has 0 fully saturated rings. The monoisotopic (exact) mass is 206 g/mol. The lowest BCUT2D eigenvalue weighted by molar-refractivity contribution is 0.0957. The zero-order valence-corrected chi connectivity index (χ0v) is 8.30. The molecular weight excluding hydrogens is 195 g/mol. The third-order valence-corrected chi connectivity index (χ3v) is 2.24. The van der Waals surface area contributed by atoms with Gasteiger partial charge in [0.05, 0.1) is 5.56 Å². The van der Waals surface area contributed by atoms with E-state index < -0.39 is 0 Å². The molecule has 0 unspecified atom stereocenters. The average molecular weight is 206 g/mol. The summed E-state index contributed by atoms with van der Waals surface area (Å²) in [6, 6.07) is 4.69. The van der Waals surface area contributed by atoms with Crippen molar-refractivity contribution >= 4 is 16.8 Å².